The Labute approximate surface area is 143 Å². The van der Waals surface area contributed by atoms with Crippen molar-refractivity contribution in [2.45, 2.75) is 6.54 Å². The van der Waals surface area contributed by atoms with Crippen LogP contribution in [-0.4, -0.2) is 4.98 Å². The maximum absolute atomic E-state index is 13.0. The topological polar surface area (TPSA) is 51.2 Å². The van der Waals surface area contributed by atoms with Crippen LogP contribution in [0.1, 0.15) is 5.76 Å². The molecule has 0 aliphatic carbocycles. The number of nitrogens with one attached hydrogen (secondary N) is 1. The Hall–Kier alpha value is -3.34. The maximum Gasteiger partial charge on any atom is 0.181 e. The Morgan fingerprint density at radius 3 is 2.28 bits per heavy atom. The molecule has 1 N–H and O–H groups in total. The molecule has 4 rings (SSSR count). The predicted octanol–water partition coefficient (Wildman–Crippen LogP) is 5.35. The molecule has 0 aliphatic heterocycles. The molecule has 0 saturated heterocycles. The van der Waals surface area contributed by atoms with Gasteiger partial charge in [0, 0.05) is 16.8 Å². The Morgan fingerprint density at radius 2 is 1.56 bits per heavy atom. The van der Waals surface area contributed by atoms with Crippen LogP contribution in [-0.2, 0) is 6.54 Å². The van der Waals surface area contributed by atoms with Crippen LogP contribution in [0.15, 0.2) is 82.1 Å². The fourth-order valence-corrected chi connectivity index (χ4v) is 2.54. The molecule has 25 heavy (non-hydrogen) atoms. The van der Waals surface area contributed by atoms with Crippen molar-refractivity contribution in [2.24, 2.45) is 0 Å². The molecule has 124 valence electrons. The summed E-state index contributed by atoms with van der Waals surface area (Å²) in [5.74, 6) is 2.00. The molecule has 0 saturated carbocycles. The summed E-state index contributed by atoms with van der Waals surface area (Å²) in [6, 6.07) is 17.9. The average Bonchev–Trinajstić information content (AvgIpc) is 3.33. The highest BCUT2D eigenvalue weighted by Gasteiger charge is 2.06. The molecular formula is C20H15FN2O2. The summed E-state index contributed by atoms with van der Waals surface area (Å²) in [5, 5.41) is 3.31. The van der Waals surface area contributed by atoms with Crippen molar-refractivity contribution >= 4 is 5.69 Å². The molecule has 4 nitrogen and oxygen atoms in total. The van der Waals surface area contributed by atoms with Crippen LogP contribution in [0.3, 0.4) is 0 Å². The summed E-state index contributed by atoms with van der Waals surface area (Å²) in [6.45, 7) is 0.558. The highest BCUT2D eigenvalue weighted by atomic mass is 19.1. The van der Waals surface area contributed by atoms with Crippen LogP contribution in [0.5, 0.6) is 0 Å². The van der Waals surface area contributed by atoms with Gasteiger partial charge in [-0.25, -0.2) is 9.37 Å². The van der Waals surface area contributed by atoms with Gasteiger partial charge in [-0.05, 0) is 60.7 Å². The molecule has 0 unspecified atom stereocenters. The quantitative estimate of drug-likeness (QED) is 0.534. The molecule has 0 atom stereocenters. The summed E-state index contributed by atoms with van der Waals surface area (Å²) < 4.78 is 24.1. The van der Waals surface area contributed by atoms with Crippen molar-refractivity contribution < 1.29 is 13.2 Å². The molecule has 5 heteroatoms. The van der Waals surface area contributed by atoms with Gasteiger partial charge in [0.2, 0.25) is 0 Å². The van der Waals surface area contributed by atoms with Crippen molar-refractivity contribution in [3.63, 3.8) is 0 Å². The summed E-state index contributed by atoms with van der Waals surface area (Å²) in [7, 11) is 0. The second-order valence-electron chi connectivity index (χ2n) is 5.57. The number of oxazole rings is 1. The van der Waals surface area contributed by atoms with E-state index in [1.165, 1.54) is 18.5 Å². The molecule has 2 aromatic carbocycles. The summed E-state index contributed by atoms with van der Waals surface area (Å²) in [5.41, 5.74) is 2.80. The van der Waals surface area contributed by atoms with Gasteiger partial charge in [0.15, 0.2) is 12.2 Å². The van der Waals surface area contributed by atoms with Crippen molar-refractivity contribution in [2.75, 3.05) is 5.32 Å². The first-order valence-corrected chi connectivity index (χ1v) is 7.85. The van der Waals surface area contributed by atoms with Gasteiger partial charge in [0.05, 0.1) is 12.7 Å². The number of furan rings is 1. The van der Waals surface area contributed by atoms with Gasteiger partial charge in [0.25, 0.3) is 0 Å². The Bertz CT molecular complexity index is 942. The van der Waals surface area contributed by atoms with E-state index in [0.29, 0.717) is 6.54 Å². The van der Waals surface area contributed by atoms with E-state index < -0.39 is 0 Å². The summed E-state index contributed by atoms with van der Waals surface area (Å²) in [4.78, 5) is 3.91. The minimum atomic E-state index is -0.258. The lowest BCUT2D eigenvalue weighted by Gasteiger charge is -2.05. The molecule has 4 aromatic rings. The van der Waals surface area contributed by atoms with Gasteiger partial charge in [-0.3, -0.25) is 0 Å². The number of halogens is 1. The van der Waals surface area contributed by atoms with E-state index in [1.54, 1.807) is 18.3 Å². The Kier molecular flexibility index (Phi) is 4.04. The zero-order chi connectivity index (χ0) is 17.1. The molecule has 0 radical (unpaired) electrons. The lowest BCUT2D eigenvalue weighted by molar-refractivity contribution is 0.531. The van der Waals surface area contributed by atoms with E-state index in [0.717, 1.165) is 34.1 Å². The van der Waals surface area contributed by atoms with E-state index in [4.69, 9.17) is 8.83 Å². The van der Waals surface area contributed by atoms with Gasteiger partial charge in [-0.15, -0.1) is 0 Å². The zero-order valence-corrected chi connectivity index (χ0v) is 13.3. The fraction of sp³-hybridized carbons (Fsp3) is 0.0500. The van der Waals surface area contributed by atoms with Crippen LogP contribution in [0.4, 0.5) is 10.1 Å². The minimum absolute atomic E-state index is 0.258. The van der Waals surface area contributed by atoms with Crippen molar-refractivity contribution in [3.8, 4) is 22.6 Å². The van der Waals surface area contributed by atoms with Gasteiger partial charge < -0.3 is 14.2 Å². The predicted molar refractivity (Wildman–Crippen MR) is 93.4 cm³/mol. The molecule has 0 aliphatic rings. The number of nitrogens with zero attached hydrogens (tertiary/aromatic N) is 1. The summed E-state index contributed by atoms with van der Waals surface area (Å²) >= 11 is 0. The van der Waals surface area contributed by atoms with E-state index >= 15 is 0 Å². The van der Waals surface area contributed by atoms with E-state index in [1.807, 2.05) is 36.4 Å². The van der Waals surface area contributed by atoms with Crippen molar-refractivity contribution in [3.05, 3.63) is 84.8 Å². The van der Waals surface area contributed by atoms with Crippen LogP contribution >= 0.6 is 0 Å². The molecule has 0 bridgehead atoms. The second-order valence-corrected chi connectivity index (χ2v) is 5.57. The molecule has 0 amide bonds. The first-order chi connectivity index (χ1) is 12.3. The molecule has 2 heterocycles. The molecular weight excluding hydrogens is 319 g/mol. The molecule has 0 spiro atoms. The SMILES string of the molecule is Fc1ccc(-c2ccc(CNc3ccc(-c4cnco4)cc3)o2)cc1. The van der Waals surface area contributed by atoms with E-state index in [9.17, 15) is 4.39 Å². The largest absolute Gasteiger partial charge is 0.459 e. The first-order valence-electron chi connectivity index (χ1n) is 7.85. The number of anilines is 1. The Balaban J connectivity index is 1.41. The first kappa shape index (κ1) is 15.2. The second kappa shape index (κ2) is 6.65. The van der Waals surface area contributed by atoms with Crippen LogP contribution in [0.25, 0.3) is 22.6 Å². The number of rotatable bonds is 5. The van der Waals surface area contributed by atoms with Crippen molar-refractivity contribution in [1.82, 2.24) is 4.98 Å². The average molecular weight is 334 g/mol. The number of hydrogen-bond acceptors (Lipinski definition) is 4. The number of hydrogen-bond donors (Lipinski definition) is 1. The standard InChI is InChI=1S/C20H15FN2O2/c21-16-5-1-14(2-6-16)19-10-9-18(25-19)11-23-17-7-3-15(4-8-17)20-12-22-13-24-20/h1-10,12-13,23H,11H2. The lowest BCUT2D eigenvalue weighted by Crippen LogP contribution is -1.97. The van der Waals surface area contributed by atoms with E-state index in [2.05, 4.69) is 10.3 Å². The minimum Gasteiger partial charge on any atom is -0.459 e. The molecule has 2 aromatic heterocycles. The summed E-state index contributed by atoms with van der Waals surface area (Å²) in [6.07, 6.45) is 3.10. The normalized spacial score (nSPS) is 10.8. The Morgan fingerprint density at radius 1 is 0.840 bits per heavy atom. The van der Waals surface area contributed by atoms with Crippen LogP contribution in [0.2, 0.25) is 0 Å². The highest BCUT2D eigenvalue weighted by molar-refractivity contribution is 5.61. The smallest absolute Gasteiger partial charge is 0.181 e. The third-order valence-corrected chi connectivity index (χ3v) is 3.86. The fourth-order valence-electron chi connectivity index (χ4n) is 2.54. The number of benzene rings is 2. The third-order valence-electron chi connectivity index (χ3n) is 3.86. The van der Waals surface area contributed by atoms with Gasteiger partial charge in [0.1, 0.15) is 17.3 Å². The van der Waals surface area contributed by atoms with Gasteiger partial charge in [-0.2, -0.15) is 0 Å². The van der Waals surface area contributed by atoms with E-state index in [-0.39, 0.29) is 5.82 Å². The van der Waals surface area contributed by atoms with Crippen molar-refractivity contribution in [1.29, 1.82) is 0 Å². The lowest BCUT2D eigenvalue weighted by atomic mass is 10.1. The van der Waals surface area contributed by atoms with Gasteiger partial charge in [-0.1, -0.05) is 0 Å². The maximum atomic E-state index is 13.0. The van der Waals surface area contributed by atoms with Crippen LogP contribution in [0, 0.1) is 5.82 Å². The monoisotopic (exact) mass is 334 g/mol. The van der Waals surface area contributed by atoms with Crippen LogP contribution < -0.4 is 5.32 Å². The molecule has 0 fully saturated rings. The number of aromatic nitrogens is 1. The third kappa shape index (κ3) is 3.45. The van der Waals surface area contributed by atoms with Gasteiger partial charge >= 0.3 is 0 Å². The highest BCUT2D eigenvalue weighted by Crippen LogP contribution is 2.24. The zero-order valence-electron chi connectivity index (χ0n) is 13.3.